The molecule has 1 saturated heterocycles. The van der Waals surface area contributed by atoms with E-state index in [-0.39, 0.29) is 53.7 Å². The SMILES string of the molecule is COC(=O)CN1CCC(Oc2cc3c(Nc4ccc(C(=O)OCc5ccccc5)c(Cl)c4C(=O)OCc4ccccc4)ncnc3cc2OC)CC1. The first-order valence-electron chi connectivity index (χ1n) is 16.6. The molecule has 52 heavy (non-hydrogen) atoms. The Morgan fingerprint density at radius 3 is 2.12 bits per heavy atom. The number of carbonyl (C=O) groups excluding carboxylic acids is 3. The minimum Gasteiger partial charge on any atom is -0.493 e. The Hall–Kier alpha value is -5.72. The maximum absolute atomic E-state index is 13.7. The summed E-state index contributed by atoms with van der Waals surface area (Å²) in [6.45, 7) is 1.58. The van der Waals surface area contributed by atoms with E-state index in [1.54, 1.807) is 25.3 Å². The number of rotatable bonds is 13. The fraction of sp³-hybridized carbons (Fsp3) is 0.256. The van der Waals surface area contributed by atoms with E-state index in [2.05, 4.69) is 15.3 Å². The van der Waals surface area contributed by atoms with Crippen molar-refractivity contribution < 1.29 is 38.1 Å². The van der Waals surface area contributed by atoms with Crippen molar-refractivity contribution >= 4 is 51.9 Å². The fourth-order valence-corrected chi connectivity index (χ4v) is 6.11. The van der Waals surface area contributed by atoms with E-state index in [4.69, 9.17) is 35.3 Å². The maximum atomic E-state index is 13.7. The third-order valence-corrected chi connectivity index (χ3v) is 8.97. The lowest BCUT2D eigenvalue weighted by Gasteiger charge is -2.31. The summed E-state index contributed by atoms with van der Waals surface area (Å²) >= 11 is 6.83. The molecule has 13 heteroatoms. The minimum atomic E-state index is -0.753. The molecular weight excluding hydrogens is 688 g/mol. The maximum Gasteiger partial charge on any atom is 0.342 e. The molecule has 0 bridgehead atoms. The van der Waals surface area contributed by atoms with Crippen LogP contribution in [0.3, 0.4) is 0 Å². The van der Waals surface area contributed by atoms with Gasteiger partial charge >= 0.3 is 17.9 Å². The molecule has 268 valence electrons. The molecule has 0 atom stereocenters. The van der Waals surface area contributed by atoms with Crippen LogP contribution in [0.1, 0.15) is 44.7 Å². The number of hydrogen-bond donors (Lipinski definition) is 1. The second-order valence-electron chi connectivity index (χ2n) is 12.0. The summed E-state index contributed by atoms with van der Waals surface area (Å²) < 4.78 is 28.1. The van der Waals surface area contributed by atoms with E-state index in [1.165, 1.54) is 19.5 Å². The van der Waals surface area contributed by atoms with E-state index in [1.807, 2.05) is 65.6 Å². The number of benzene rings is 4. The molecule has 0 spiro atoms. The van der Waals surface area contributed by atoms with E-state index in [0.29, 0.717) is 54.2 Å². The molecule has 1 aromatic heterocycles. The van der Waals surface area contributed by atoms with Crippen LogP contribution in [-0.4, -0.2) is 72.7 Å². The van der Waals surface area contributed by atoms with Crippen LogP contribution in [-0.2, 0) is 32.2 Å². The quantitative estimate of drug-likeness (QED) is 0.101. The number of likely N-dealkylation sites (tertiary alicyclic amines) is 1. The zero-order valence-corrected chi connectivity index (χ0v) is 29.4. The molecule has 12 nitrogen and oxygen atoms in total. The Balaban J connectivity index is 1.29. The number of methoxy groups -OCH3 is 2. The number of nitrogens with one attached hydrogen (secondary N) is 1. The van der Waals surface area contributed by atoms with Crippen LogP contribution >= 0.6 is 11.6 Å². The van der Waals surface area contributed by atoms with Crippen molar-refractivity contribution in [1.82, 2.24) is 14.9 Å². The number of fused-ring (bicyclic) bond motifs is 1. The van der Waals surface area contributed by atoms with E-state index in [9.17, 15) is 14.4 Å². The smallest absolute Gasteiger partial charge is 0.342 e. The molecule has 0 aliphatic carbocycles. The van der Waals surface area contributed by atoms with Crippen molar-refractivity contribution in [2.24, 2.45) is 0 Å². The molecule has 0 radical (unpaired) electrons. The minimum absolute atomic E-state index is 0.000380. The van der Waals surface area contributed by atoms with Crippen molar-refractivity contribution in [3.63, 3.8) is 0 Å². The van der Waals surface area contributed by atoms with Gasteiger partial charge in [-0.3, -0.25) is 9.69 Å². The van der Waals surface area contributed by atoms with E-state index >= 15 is 0 Å². The second-order valence-corrected chi connectivity index (χ2v) is 12.4. The van der Waals surface area contributed by atoms with Crippen LogP contribution in [0.4, 0.5) is 11.5 Å². The van der Waals surface area contributed by atoms with Gasteiger partial charge in [0, 0.05) is 24.5 Å². The molecule has 1 fully saturated rings. The van der Waals surface area contributed by atoms with Crippen LogP contribution in [0, 0.1) is 0 Å². The predicted octanol–water partition coefficient (Wildman–Crippen LogP) is 6.77. The molecule has 1 aliphatic rings. The van der Waals surface area contributed by atoms with Crippen LogP contribution in [0.2, 0.25) is 5.02 Å². The number of carbonyl (C=O) groups is 3. The van der Waals surface area contributed by atoms with Crippen molar-refractivity contribution in [2.75, 3.05) is 39.2 Å². The van der Waals surface area contributed by atoms with Crippen LogP contribution in [0.15, 0.2) is 91.3 Å². The van der Waals surface area contributed by atoms with Gasteiger partial charge in [-0.2, -0.15) is 0 Å². The average molecular weight is 725 g/mol. The molecule has 1 N–H and O–H groups in total. The lowest BCUT2D eigenvalue weighted by molar-refractivity contribution is -0.142. The molecule has 0 unspecified atom stereocenters. The number of piperidine rings is 1. The molecule has 1 aliphatic heterocycles. The molecule has 0 amide bonds. The Bertz CT molecular complexity index is 2040. The van der Waals surface area contributed by atoms with Gasteiger partial charge in [-0.15, -0.1) is 0 Å². The Labute approximate surface area is 305 Å². The first-order valence-corrected chi connectivity index (χ1v) is 17.0. The Morgan fingerprint density at radius 2 is 1.48 bits per heavy atom. The summed E-state index contributed by atoms with van der Waals surface area (Å²) in [4.78, 5) is 49.6. The summed E-state index contributed by atoms with van der Waals surface area (Å²) in [5, 5.41) is 3.66. The molecular formula is C39H37ClN4O8. The first-order chi connectivity index (χ1) is 25.3. The van der Waals surface area contributed by atoms with Crippen molar-refractivity contribution in [1.29, 1.82) is 0 Å². The summed E-state index contributed by atoms with van der Waals surface area (Å²) in [6, 6.07) is 25.0. The third-order valence-electron chi connectivity index (χ3n) is 8.57. The number of esters is 3. The third kappa shape index (κ3) is 8.76. The van der Waals surface area contributed by atoms with Gasteiger partial charge in [0.2, 0.25) is 0 Å². The van der Waals surface area contributed by atoms with Gasteiger partial charge in [0.15, 0.2) is 11.5 Å². The second kappa shape index (κ2) is 17.0. The molecule has 5 aromatic rings. The zero-order valence-electron chi connectivity index (χ0n) is 28.7. The number of ether oxygens (including phenoxy) is 5. The number of nitrogens with zero attached hydrogens (tertiary/aromatic N) is 3. The lowest BCUT2D eigenvalue weighted by Crippen LogP contribution is -2.41. The molecule has 2 heterocycles. The van der Waals surface area contributed by atoms with Crippen LogP contribution in [0.5, 0.6) is 11.5 Å². The topological polar surface area (TPSA) is 138 Å². The van der Waals surface area contributed by atoms with Gasteiger partial charge < -0.3 is 29.0 Å². The zero-order chi connectivity index (χ0) is 36.5. The van der Waals surface area contributed by atoms with Crippen LogP contribution in [0.25, 0.3) is 10.9 Å². The number of anilines is 2. The highest BCUT2D eigenvalue weighted by Gasteiger charge is 2.27. The highest BCUT2D eigenvalue weighted by Crippen LogP contribution is 2.38. The van der Waals surface area contributed by atoms with Gasteiger partial charge in [-0.25, -0.2) is 19.6 Å². The highest BCUT2D eigenvalue weighted by molar-refractivity contribution is 6.37. The largest absolute Gasteiger partial charge is 0.493 e. The van der Waals surface area contributed by atoms with E-state index < -0.39 is 11.9 Å². The first kappa shape index (κ1) is 36.1. The average Bonchev–Trinajstić information content (AvgIpc) is 3.17. The van der Waals surface area contributed by atoms with Crippen molar-refractivity contribution in [3.05, 3.63) is 119 Å². The van der Waals surface area contributed by atoms with E-state index in [0.717, 1.165) is 11.1 Å². The van der Waals surface area contributed by atoms with Gasteiger partial charge in [-0.05, 0) is 42.2 Å². The van der Waals surface area contributed by atoms with Gasteiger partial charge in [0.25, 0.3) is 0 Å². The van der Waals surface area contributed by atoms with Gasteiger partial charge in [-0.1, -0.05) is 72.3 Å². The lowest BCUT2D eigenvalue weighted by atomic mass is 10.1. The Morgan fingerprint density at radius 1 is 0.827 bits per heavy atom. The summed E-state index contributed by atoms with van der Waals surface area (Å²) in [5.74, 6) is -0.413. The summed E-state index contributed by atoms with van der Waals surface area (Å²) in [6.07, 6.45) is 2.65. The standard InChI is InChI=1S/C39H37ClN4O8/c1-48-32-20-31-29(19-33(32)52-27-15-17-44(18-16-27)21-34(45)49-2)37(42-24-41-31)43-30-14-13-28(38(46)50-22-25-9-5-3-6-10-25)36(40)35(30)39(47)51-23-26-11-7-4-8-12-26/h3-14,19-20,24,27H,15-18,21-23H2,1-2H3,(H,41,42,43). The summed E-state index contributed by atoms with van der Waals surface area (Å²) in [7, 11) is 2.93. The number of halogens is 1. The normalized spacial score (nSPS) is 13.3. The van der Waals surface area contributed by atoms with Gasteiger partial charge in [0.1, 0.15) is 37.0 Å². The molecule has 4 aromatic carbocycles. The van der Waals surface area contributed by atoms with Gasteiger partial charge in [0.05, 0.1) is 42.6 Å². The Kier molecular flexibility index (Phi) is 11.8. The summed E-state index contributed by atoms with van der Waals surface area (Å²) in [5.41, 5.74) is 2.31. The number of hydrogen-bond acceptors (Lipinski definition) is 12. The van der Waals surface area contributed by atoms with Crippen LogP contribution < -0.4 is 14.8 Å². The monoisotopic (exact) mass is 724 g/mol. The van der Waals surface area contributed by atoms with Crippen molar-refractivity contribution in [2.45, 2.75) is 32.2 Å². The number of aromatic nitrogens is 2. The molecule has 0 saturated carbocycles. The predicted molar refractivity (Wildman–Crippen MR) is 194 cm³/mol. The molecule has 6 rings (SSSR count). The highest BCUT2D eigenvalue weighted by atomic mass is 35.5. The fourth-order valence-electron chi connectivity index (χ4n) is 5.79. The van der Waals surface area contributed by atoms with Crippen molar-refractivity contribution in [3.8, 4) is 11.5 Å².